The molecule has 1 aromatic carbocycles. The van der Waals surface area contributed by atoms with Crippen LogP contribution in [0.15, 0.2) is 24.4 Å². The zero-order valence-corrected chi connectivity index (χ0v) is 11.3. The summed E-state index contributed by atoms with van der Waals surface area (Å²) in [6.07, 6.45) is 1.75. The van der Waals surface area contributed by atoms with Crippen LogP contribution in [0.1, 0.15) is 27.2 Å². The monoisotopic (exact) mass is 259 g/mol. The number of aryl methyl sites for hydroxylation is 2. The summed E-state index contributed by atoms with van der Waals surface area (Å²) in [5, 5.41) is 16.4. The lowest BCUT2D eigenvalue weighted by molar-refractivity contribution is 0.0951. The molecule has 2 rings (SSSR count). The Morgan fingerprint density at radius 1 is 1.42 bits per heavy atom. The van der Waals surface area contributed by atoms with Gasteiger partial charge in [-0.15, -0.1) is 0 Å². The fourth-order valence-corrected chi connectivity index (χ4v) is 1.79. The first-order valence-corrected chi connectivity index (χ1v) is 6.04. The quantitative estimate of drug-likeness (QED) is 0.881. The molecule has 19 heavy (non-hydrogen) atoms. The molecule has 0 spiro atoms. The molecule has 100 valence electrons. The Bertz CT molecular complexity index is 617. The van der Waals surface area contributed by atoms with Crippen molar-refractivity contribution < 1.29 is 9.90 Å². The highest BCUT2D eigenvalue weighted by Crippen LogP contribution is 2.17. The molecule has 1 heterocycles. The van der Waals surface area contributed by atoms with Crippen LogP contribution in [0.25, 0.3) is 0 Å². The van der Waals surface area contributed by atoms with Crippen LogP contribution in [0.2, 0.25) is 0 Å². The lowest BCUT2D eigenvalue weighted by Crippen LogP contribution is -2.23. The predicted octanol–water partition coefficient (Wildman–Crippen LogP) is 1.67. The van der Waals surface area contributed by atoms with Crippen LogP contribution in [0, 0.1) is 13.8 Å². The molecule has 5 heteroatoms. The first-order chi connectivity index (χ1) is 8.99. The number of nitrogens with one attached hydrogen (secondary N) is 1. The highest BCUT2D eigenvalue weighted by atomic mass is 16.3. The Hall–Kier alpha value is -2.30. The summed E-state index contributed by atoms with van der Waals surface area (Å²) < 4.78 is 1.77. The molecule has 5 nitrogen and oxygen atoms in total. The minimum atomic E-state index is -0.161. The van der Waals surface area contributed by atoms with Gasteiger partial charge in [0.15, 0.2) is 0 Å². The van der Waals surface area contributed by atoms with E-state index in [9.17, 15) is 9.90 Å². The van der Waals surface area contributed by atoms with Crippen molar-refractivity contribution in [3.05, 3.63) is 46.8 Å². The number of hydrogen-bond acceptors (Lipinski definition) is 3. The van der Waals surface area contributed by atoms with Crippen molar-refractivity contribution in [3.63, 3.8) is 0 Å². The van der Waals surface area contributed by atoms with Crippen molar-refractivity contribution in [1.82, 2.24) is 15.1 Å². The Kier molecular flexibility index (Phi) is 3.55. The van der Waals surface area contributed by atoms with Gasteiger partial charge in [-0.2, -0.15) is 5.10 Å². The molecule has 0 aliphatic heterocycles. The Morgan fingerprint density at radius 2 is 2.16 bits per heavy atom. The number of hydrogen-bond donors (Lipinski definition) is 2. The minimum absolute atomic E-state index is 0.161. The molecule has 0 aliphatic carbocycles. The van der Waals surface area contributed by atoms with E-state index in [1.807, 2.05) is 14.0 Å². The third-order valence-electron chi connectivity index (χ3n) is 3.24. The van der Waals surface area contributed by atoms with Crippen molar-refractivity contribution >= 4 is 5.91 Å². The first kappa shape index (κ1) is 13.1. The van der Waals surface area contributed by atoms with Crippen molar-refractivity contribution in [2.75, 3.05) is 0 Å². The first-order valence-electron chi connectivity index (χ1n) is 6.04. The molecule has 0 fully saturated rings. The molecular formula is C14H17N3O2. The van der Waals surface area contributed by atoms with Gasteiger partial charge in [0.2, 0.25) is 0 Å². The summed E-state index contributed by atoms with van der Waals surface area (Å²) in [6.45, 7) is 4.16. The number of nitrogens with zero attached hydrogens (tertiary/aromatic N) is 2. The van der Waals surface area contributed by atoms with Crippen LogP contribution >= 0.6 is 0 Å². The van der Waals surface area contributed by atoms with Crippen LogP contribution in [0.3, 0.4) is 0 Å². The highest BCUT2D eigenvalue weighted by molar-refractivity contribution is 5.94. The molecule has 0 atom stereocenters. The van der Waals surface area contributed by atoms with E-state index in [2.05, 4.69) is 10.4 Å². The fourth-order valence-electron chi connectivity index (χ4n) is 1.79. The van der Waals surface area contributed by atoms with Gasteiger partial charge in [-0.1, -0.05) is 0 Å². The van der Waals surface area contributed by atoms with Crippen molar-refractivity contribution in [2.45, 2.75) is 20.4 Å². The molecule has 2 N–H and O–H groups in total. The zero-order chi connectivity index (χ0) is 14.0. The minimum Gasteiger partial charge on any atom is -0.508 e. The molecule has 0 unspecified atom stereocenters. The SMILES string of the molecule is Cc1cc(C(=O)NCc2cnn(C)c2C)ccc1O. The van der Waals surface area contributed by atoms with E-state index in [4.69, 9.17) is 0 Å². The summed E-state index contributed by atoms with van der Waals surface area (Å²) in [7, 11) is 1.87. The normalized spacial score (nSPS) is 10.5. The maximum absolute atomic E-state index is 12.0. The van der Waals surface area contributed by atoms with Crippen LogP contribution in [-0.4, -0.2) is 20.8 Å². The van der Waals surface area contributed by atoms with E-state index >= 15 is 0 Å². The van der Waals surface area contributed by atoms with Crippen LogP contribution in [0.5, 0.6) is 5.75 Å². The lowest BCUT2D eigenvalue weighted by Gasteiger charge is -2.06. The van der Waals surface area contributed by atoms with Gasteiger partial charge in [-0.3, -0.25) is 9.48 Å². The molecular weight excluding hydrogens is 242 g/mol. The zero-order valence-electron chi connectivity index (χ0n) is 11.3. The smallest absolute Gasteiger partial charge is 0.251 e. The topological polar surface area (TPSA) is 67.2 Å². The van der Waals surface area contributed by atoms with Crippen LogP contribution in [0.4, 0.5) is 0 Å². The maximum atomic E-state index is 12.0. The molecule has 0 aliphatic rings. The number of carbonyl (C=O) groups is 1. The van der Waals surface area contributed by atoms with Gasteiger partial charge in [0.05, 0.1) is 6.20 Å². The van der Waals surface area contributed by atoms with Gasteiger partial charge in [-0.05, 0) is 37.6 Å². The van der Waals surface area contributed by atoms with Crippen molar-refractivity contribution in [2.24, 2.45) is 7.05 Å². The van der Waals surface area contributed by atoms with Gasteiger partial charge >= 0.3 is 0 Å². The molecule has 0 bridgehead atoms. The standard InChI is InChI=1S/C14H17N3O2/c1-9-6-11(4-5-13(9)18)14(19)15-7-12-8-16-17(3)10(12)2/h4-6,8,18H,7H2,1-3H3,(H,15,19). The molecule has 1 aromatic heterocycles. The average Bonchev–Trinajstić information content (AvgIpc) is 2.70. The number of aromatic nitrogens is 2. The van der Waals surface area contributed by atoms with Gasteiger partial charge in [0.25, 0.3) is 5.91 Å². The Balaban J connectivity index is 2.05. The van der Waals surface area contributed by atoms with Gasteiger partial charge in [-0.25, -0.2) is 0 Å². The summed E-state index contributed by atoms with van der Waals surface area (Å²) in [5.74, 6) is 0.0333. The van der Waals surface area contributed by atoms with Crippen LogP contribution < -0.4 is 5.32 Å². The predicted molar refractivity (Wildman–Crippen MR) is 72.0 cm³/mol. The van der Waals surface area contributed by atoms with E-state index < -0.39 is 0 Å². The summed E-state index contributed by atoms with van der Waals surface area (Å²) in [6, 6.07) is 4.80. The number of aromatic hydroxyl groups is 1. The van der Waals surface area contributed by atoms with E-state index in [-0.39, 0.29) is 11.7 Å². The number of phenolic OH excluding ortho intramolecular Hbond substituents is 1. The van der Waals surface area contributed by atoms with Gasteiger partial charge < -0.3 is 10.4 Å². The van der Waals surface area contributed by atoms with E-state index in [0.29, 0.717) is 17.7 Å². The number of phenols is 1. The molecule has 0 saturated heterocycles. The van der Waals surface area contributed by atoms with Gasteiger partial charge in [0.1, 0.15) is 5.75 Å². The number of benzene rings is 1. The van der Waals surface area contributed by atoms with E-state index in [0.717, 1.165) is 11.3 Å². The van der Waals surface area contributed by atoms with Crippen molar-refractivity contribution in [3.8, 4) is 5.75 Å². The molecule has 0 radical (unpaired) electrons. The van der Waals surface area contributed by atoms with E-state index in [1.165, 1.54) is 6.07 Å². The van der Waals surface area contributed by atoms with E-state index in [1.54, 1.807) is 29.9 Å². The largest absolute Gasteiger partial charge is 0.508 e. The fraction of sp³-hybridized carbons (Fsp3) is 0.286. The molecule has 1 amide bonds. The van der Waals surface area contributed by atoms with Crippen LogP contribution in [-0.2, 0) is 13.6 Å². The highest BCUT2D eigenvalue weighted by Gasteiger charge is 2.09. The third-order valence-corrected chi connectivity index (χ3v) is 3.24. The Morgan fingerprint density at radius 3 is 2.74 bits per heavy atom. The second kappa shape index (κ2) is 5.14. The second-order valence-electron chi connectivity index (χ2n) is 4.56. The molecule has 0 saturated carbocycles. The summed E-state index contributed by atoms with van der Waals surface area (Å²) >= 11 is 0. The lowest BCUT2D eigenvalue weighted by atomic mass is 10.1. The summed E-state index contributed by atoms with van der Waals surface area (Å²) in [5.41, 5.74) is 3.25. The average molecular weight is 259 g/mol. The number of carbonyl (C=O) groups excluding carboxylic acids is 1. The Labute approximate surface area is 111 Å². The summed E-state index contributed by atoms with van der Waals surface area (Å²) in [4.78, 5) is 12.0. The maximum Gasteiger partial charge on any atom is 0.251 e. The number of rotatable bonds is 3. The third kappa shape index (κ3) is 2.76. The second-order valence-corrected chi connectivity index (χ2v) is 4.56. The molecule has 2 aromatic rings. The number of amides is 1. The van der Waals surface area contributed by atoms with Gasteiger partial charge in [0, 0.05) is 30.4 Å². The van der Waals surface area contributed by atoms with Crippen molar-refractivity contribution in [1.29, 1.82) is 0 Å².